The van der Waals surface area contributed by atoms with Gasteiger partial charge in [0.05, 0.1) is 0 Å². The first kappa shape index (κ1) is 42.2. The van der Waals surface area contributed by atoms with E-state index >= 15 is 0 Å². The van der Waals surface area contributed by atoms with Gasteiger partial charge in [0.25, 0.3) is 0 Å². The predicted molar refractivity (Wildman–Crippen MR) is 306 cm³/mol. The van der Waals surface area contributed by atoms with E-state index in [0.29, 0.717) is 0 Å². The van der Waals surface area contributed by atoms with Crippen LogP contribution in [0.25, 0.3) is 121 Å². The minimum absolute atomic E-state index is 0.895. The topological polar surface area (TPSA) is 29.5 Å². The lowest BCUT2D eigenvalue weighted by Crippen LogP contribution is -2.09. The molecule has 2 aromatic heterocycles. The van der Waals surface area contributed by atoms with Crippen LogP contribution in [-0.2, 0) is 0 Å². The van der Waals surface area contributed by atoms with E-state index in [1.54, 1.807) is 0 Å². The molecule has 3 heteroatoms. The highest BCUT2D eigenvalue weighted by molar-refractivity contribution is 6.11. The summed E-state index contributed by atoms with van der Waals surface area (Å²) < 4.78 is 12.9. The number of benzene rings is 12. The highest BCUT2D eigenvalue weighted by Gasteiger charge is 2.19. The number of fused-ring (bicyclic) bond motifs is 7. The Kier molecular flexibility index (Phi) is 10.2. The Hall–Kier alpha value is -9.70. The smallest absolute Gasteiger partial charge is 0.143 e. The largest absolute Gasteiger partial charge is 0.455 e. The average molecular weight is 932 g/mol. The summed E-state index contributed by atoms with van der Waals surface area (Å²) in [5.41, 5.74) is 20.6. The Labute approximate surface area is 423 Å². The molecule has 0 aliphatic heterocycles. The van der Waals surface area contributed by atoms with Crippen LogP contribution in [0, 0.1) is 0 Å². The van der Waals surface area contributed by atoms with E-state index in [1.165, 1.54) is 49.7 Å². The molecule has 0 atom stereocenters. The van der Waals surface area contributed by atoms with Gasteiger partial charge in [0.2, 0.25) is 0 Å². The van der Waals surface area contributed by atoms with Crippen molar-refractivity contribution in [3.8, 4) is 66.8 Å². The second kappa shape index (κ2) is 17.6. The van der Waals surface area contributed by atoms with Gasteiger partial charge in [-0.05, 0) is 133 Å². The minimum Gasteiger partial charge on any atom is -0.455 e. The molecule has 14 aromatic rings. The zero-order valence-electron chi connectivity index (χ0n) is 39.7. The van der Waals surface area contributed by atoms with Gasteiger partial charge in [0.15, 0.2) is 0 Å². The van der Waals surface area contributed by atoms with Crippen LogP contribution in [0.15, 0.2) is 282 Å². The normalized spacial score (nSPS) is 11.6. The molecule has 0 aliphatic rings. The average Bonchev–Trinajstić information content (AvgIpc) is 4.05. The molecule has 0 amide bonds. The SMILES string of the molecule is c1ccc(-c2cc(-c3ccccc3)cc(-c3ccc(-c4ccc(N(c5ccc(-c6cccc7c6oc6ccccc67)cc5)c5ccc(-c6cccc7c6oc6ccccc67)cc5)cc4)c4ccccc34)c2)cc1. The van der Waals surface area contributed by atoms with Gasteiger partial charge in [0, 0.05) is 49.7 Å². The van der Waals surface area contributed by atoms with E-state index in [1.807, 2.05) is 24.3 Å². The quantitative estimate of drug-likeness (QED) is 0.144. The van der Waals surface area contributed by atoms with E-state index in [0.717, 1.165) is 88.8 Å². The molecule has 12 aromatic carbocycles. The second-order valence-electron chi connectivity index (χ2n) is 18.8. The summed E-state index contributed by atoms with van der Waals surface area (Å²) in [5.74, 6) is 0. The molecule has 0 fully saturated rings. The van der Waals surface area contributed by atoms with Gasteiger partial charge < -0.3 is 13.7 Å². The van der Waals surface area contributed by atoms with Gasteiger partial charge in [-0.1, -0.05) is 206 Å². The van der Waals surface area contributed by atoms with E-state index < -0.39 is 0 Å². The summed E-state index contributed by atoms with van der Waals surface area (Å²) in [7, 11) is 0. The maximum atomic E-state index is 6.47. The fourth-order valence-corrected chi connectivity index (χ4v) is 10.9. The maximum Gasteiger partial charge on any atom is 0.143 e. The molecule has 0 radical (unpaired) electrons. The first-order valence-electron chi connectivity index (χ1n) is 24.9. The first-order chi connectivity index (χ1) is 36.2. The van der Waals surface area contributed by atoms with Crippen LogP contribution in [0.4, 0.5) is 17.1 Å². The highest BCUT2D eigenvalue weighted by Crippen LogP contribution is 2.44. The van der Waals surface area contributed by atoms with Gasteiger partial charge in [-0.2, -0.15) is 0 Å². The molecule has 0 spiro atoms. The minimum atomic E-state index is 0.895. The van der Waals surface area contributed by atoms with Crippen LogP contribution in [0.1, 0.15) is 0 Å². The van der Waals surface area contributed by atoms with Crippen LogP contribution in [-0.4, -0.2) is 0 Å². The maximum absolute atomic E-state index is 6.47. The van der Waals surface area contributed by atoms with Crippen molar-refractivity contribution in [1.82, 2.24) is 0 Å². The standard InChI is InChI=1S/C70H45NO2/c1-3-15-46(16-4-1)51-43-52(47-17-5-2-6-18-47)45-53(44-51)58-42-41-57(61-19-7-8-20-62(58)61)48-29-35-54(36-30-48)71(55-37-31-49(32-38-55)59-23-13-25-65-63-21-9-11-27-67(63)72-69(59)65)56-39-33-50(34-40-56)60-24-14-26-66-64-22-10-12-28-68(64)73-70(60)66/h1-45H. The van der Waals surface area contributed by atoms with E-state index in [2.05, 4.69) is 254 Å². The van der Waals surface area contributed by atoms with Crippen molar-refractivity contribution >= 4 is 71.7 Å². The van der Waals surface area contributed by atoms with E-state index in [-0.39, 0.29) is 0 Å². The highest BCUT2D eigenvalue weighted by atomic mass is 16.3. The molecule has 0 aliphatic carbocycles. The summed E-state index contributed by atoms with van der Waals surface area (Å²) in [6.45, 7) is 0. The van der Waals surface area contributed by atoms with Gasteiger partial charge in [0.1, 0.15) is 22.3 Å². The van der Waals surface area contributed by atoms with Crippen molar-refractivity contribution in [1.29, 1.82) is 0 Å². The fourth-order valence-electron chi connectivity index (χ4n) is 10.9. The van der Waals surface area contributed by atoms with Crippen molar-refractivity contribution in [2.75, 3.05) is 4.90 Å². The van der Waals surface area contributed by atoms with E-state index in [4.69, 9.17) is 8.83 Å². The summed E-state index contributed by atoms with van der Waals surface area (Å²) in [6, 6.07) is 97.9. The number of para-hydroxylation sites is 4. The van der Waals surface area contributed by atoms with Gasteiger partial charge in [-0.3, -0.25) is 0 Å². The predicted octanol–water partition coefficient (Wildman–Crippen LogP) is 20.1. The molecular formula is C70H45NO2. The Balaban J connectivity index is 0.854. The molecule has 0 saturated carbocycles. The van der Waals surface area contributed by atoms with E-state index in [9.17, 15) is 0 Å². The van der Waals surface area contributed by atoms with Crippen LogP contribution in [0.2, 0.25) is 0 Å². The van der Waals surface area contributed by atoms with Gasteiger partial charge in [-0.25, -0.2) is 0 Å². The monoisotopic (exact) mass is 931 g/mol. The summed E-state index contributed by atoms with van der Waals surface area (Å²) in [4.78, 5) is 2.34. The second-order valence-corrected chi connectivity index (χ2v) is 18.8. The van der Waals surface area contributed by atoms with Crippen LogP contribution < -0.4 is 4.90 Å². The Morgan fingerprint density at radius 1 is 0.205 bits per heavy atom. The van der Waals surface area contributed by atoms with Crippen molar-refractivity contribution in [2.24, 2.45) is 0 Å². The van der Waals surface area contributed by atoms with Crippen molar-refractivity contribution in [3.05, 3.63) is 273 Å². The third-order valence-corrected chi connectivity index (χ3v) is 14.5. The Morgan fingerprint density at radius 2 is 0.548 bits per heavy atom. The Morgan fingerprint density at radius 3 is 0.986 bits per heavy atom. The number of furan rings is 2. The third-order valence-electron chi connectivity index (χ3n) is 14.5. The summed E-state index contributed by atoms with van der Waals surface area (Å²) >= 11 is 0. The lowest BCUT2D eigenvalue weighted by atomic mass is 9.89. The number of anilines is 3. The van der Waals surface area contributed by atoms with Crippen LogP contribution in [0.3, 0.4) is 0 Å². The lowest BCUT2D eigenvalue weighted by molar-refractivity contribution is 0.669. The van der Waals surface area contributed by atoms with Crippen LogP contribution >= 0.6 is 0 Å². The number of nitrogens with zero attached hydrogens (tertiary/aromatic N) is 1. The molecule has 0 bridgehead atoms. The molecule has 73 heavy (non-hydrogen) atoms. The number of hydrogen-bond donors (Lipinski definition) is 0. The molecule has 0 saturated heterocycles. The molecule has 342 valence electrons. The number of hydrogen-bond acceptors (Lipinski definition) is 3. The van der Waals surface area contributed by atoms with Crippen LogP contribution in [0.5, 0.6) is 0 Å². The number of rotatable bonds is 9. The zero-order chi connectivity index (χ0) is 48.2. The summed E-state index contributed by atoms with van der Waals surface area (Å²) in [5, 5.41) is 6.91. The fraction of sp³-hybridized carbons (Fsp3) is 0. The van der Waals surface area contributed by atoms with Crippen molar-refractivity contribution in [3.63, 3.8) is 0 Å². The zero-order valence-corrected chi connectivity index (χ0v) is 39.7. The Bertz CT molecular complexity index is 4120. The molecule has 0 N–H and O–H groups in total. The molecule has 3 nitrogen and oxygen atoms in total. The molecule has 2 heterocycles. The molecular weight excluding hydrogens is 887 g/mol. The van der Waals surface area contributed by atoms with Crippen molar-refractivity contribution in [2.45, 2.75) is 0 Å². The lowest BCUT2D eigenvalue weighted by Gasteiger charge is -2.26. The van der Waals surface area contributed by atoms with Gasteiger partial charge >= 0.3 is 0 Å². The van der Waals surface area contributed by atoms with Gasteiger partial charge in [-0.15, -0.1) is 0 Å². The first-order valence-corrected chi connectivity index (χ1v) is 24.9. The third kappa shape index (κ3) is 7.46. The molecule has 14 rings (SSSR count). The summed E-state index contributed by atoms with van der Waals surface area (Å²) in [6.07, 6.45) is 0. The van der Waals surface area contributed by atoms with Crippen molar-refractivity contribution < 1.29 is 8.83 Å². The molecule has 0 unspecified atom stereocenters.